The summed E-state index contributed by atoms with van der Waals surface area (Å²) in [7, 11) is -3.54. The molecule has 0 bridgehead atoms. The van der Waals surface area contributed by atoms with Gasteiger partial charge >= 0.3 is 0 Å². The van der Waals surface area contributed by atoms with E-state index < -0.39 is 10.0 Å². The highest BCUT2D eigenvalue weighted by molar-refractivity contribution is 7.91. The molecule has 5 nitrogen and oxygen atoms in total. The zero-order valence-electron chi connectivity index (χ0n) is 11.1. The number of rotatable bonds is 6. The summed E-state index contributed by atoms with van der Waals surface area (Å²) in [6.45, 7) is 2.25. The molecule has 0 aliphatic heterocycles. The van der Waals surface area contributed by atoms with Crippen LogP contribution in [0.15, 0.2) is 40.1 Å². The molecule has 0 aromatic carbocycles. The van der Waals surface area contributed by atoms with Crippen LogP contribution < -0.4 is 0 Å². The van der Waals surface area contributed by atoms with E-state index in [2.05, 4.69) is 4.98 Å². The zero-order chi connectivity index (χ0) is 14.6. The molecule has 0 spiro atoms. The molecule has 20 heavy (non-hydrogen) atoms. The molecule has 0 radical (unpaired) electrons. The molecule has 0 unspecified atom stereocenters. The molecule has 2 aromatic heterocycles. The van der Waals surface area contributed by atoms with Crippen LogP contribution in [0.1, 0.15) is 18.2 Å². The number of aliphatic hydroxyl groups excluding tert-OH is 1. The van der Waals surface area contributed by atoms with E-state index in [1.54, 1.807) is 30.6 Å². The molecule has 0 aliphatic rings. The highest BCUT2D eigenvalue weighted by Gasteiger charge is 2.25. The predicted molar refractivity (Wildman–Crippen MR) is 77.7 cm³/mol. The van der Waals surface area contributed by atoms with E-state index in [1.165, 1.54) is 10.4 Å². The Morgan fingerprint density at radius 1 is 1.40 bits per heavy atom. The van der Waals surface area contributed by atoms with Gasteiger partial charge in [-0.1, -0.05) is 13.0 Å². The van der Waals surface area contributed by atoms with E-state index in [9.17, 15) is 8.42 Å². The maximum Gasteiger partial charge on any atom is 0.252 e. The number of sulfonamides is 1. The Morgan fingerprint density at radius 2 is 2.20 bits per heavy atom. The molecule has 108 valence electrons. The standard InChI is InChI=1S/C13H16N2O3S2/c1-2-15(8-12-5-3-4-6-14-12)20(17,18)13-7-11(9-16)10-19-13/h3-7,10,16H,2,8-9H2,1H3. The van der Waals surface area contributed by atoms with E-state index >= 15 is 0 Å². The van der Waals surface area contributed by atoms with Gasteiger partial charge in [-0.2, -0.15) is 4.31 Å². The predicted octanol–water partition coefficient (Wildman–Crippen LogP) is 1.85. The van der Waals surface area contributed by atoms with Crippen LogP contribution in [0.2, 0.25) is 0 Å². The lowest BCUT2D eigenvalue weighted by Gasteiger charge is -2.18. The molecular formula is C13H16N2O3S2. The minimum Gasteiger partial charge on any atom is -0.392 e. The lowest BCUT2D eigenvalue weighted by atomic mass is 10.3. The number of aromatic nitrogens is 1. The number of nitrogens with zero attached hydrogens (tertiary/aromatic N) is 2. The van der Waals surface area contributed by atoms with Crippen molar-refractivity contribution in [1.82, 2.24) is 9.29 Å². The maximum absolute atomic E-state index is 12.5. The Labute approximate surface area is 122 Å². The van der Waals surface area contributed by atoms with Gasteiger partial charge < -0.3 is 5.11 Å². The van der Waals surface area contributed by atoms with Gasteiger partial charge in [0.25, 0.3) is 10.0 Å². The first kappa shape index (κ1) is 15.1. The van der Waals surface area contributed by atoms with Crippen molar-refractivity contribution in [3.8, 4) is 0 Å². The van der Waals surface area contributed by atoms with Gasteiger partial charge in [-0.15, -0.1) is 11.3 Å². The van der Waals surface area contributed by atoms with E-state index in [4.69, 9.17) is 5.11 Å². The largest absolute Gasteiger partial charge is 0.392 e. The maximum atomic E-state index is 12.5. The molecule has 0 fully saturated rings. The summed E-state index contributed by atoms with van der Waals surface area (Å²) in [4.78, 5) is 4.15. The van der Waals surface area contributed by atoms with Crippen LogP contribution in [-0.4, -0.2) is 29.4 Å². The van der Waals surface area contributed by atoms with Crippen LogP contribution in [0.5, 0.6) is 0 Å². The lowest BCUT2D eigenvalue weighted by molar-refractivity contribution is 0.282. The van der Waals surface area contributed by atoms with Gasteiger partial charge in [0.05, 0.1) is 18.8 Å². The summed E-state index contributed by atoms with van der Waals surface area (Å²) in [5.41, 5.74) is 1.32. The van der Waals surface area contributed by atoms with Crippen LogP contribution >= 0.6 is 11.3 Å². The van der Waals surface area contributed by atoms with E-state index in [-0.39, 0.29) is 17.4 Å². The van der Waals surface area contributed by atoms with Crippen molar-refractivity contribution in [2.45, 2.75) is 24.3 Å². The topological polar surface area (TPSA) is 70.5 Å². The molecule has 2 heterocycles. The second kappa shape index (κ2) is 6.45. The fraction of sp³-hybridized carbons (Fsp3) is 0.308. The number of thiophene rings is 1. The Kier molecular flexibility index (Phi) is 4.87. The molecular weight excluding hydrogens is 296 g/mol. The van der Waals surface area contributed by atoms with Gasteiger partial charge in [-0.25, -0.2) is 8.42 Å². The van der Waals surface area contributed by atoms with Crippen molar-refractivity contribution in [3.63, 3.8) is 0 Å². The van der Waals surface area contributed by atoms with Crippen LogP contribution in [0.25, 0.3) is 0 Å². The van der Waals surface area contributed by atoms with Crippen molar-refractivity contribution in [1.29, 1.82) is 0 Å². The Hall–Kier alpha value is -1.28. The van der Waals surface area contributed by atoms with Crippen LogP contribution in [-0.2, 0) is 23.2 Å². The molecule has 0 atom stereocenters. The number of aliphatic hydroxyl groups is 1. The van der Waals surface area contributed by atoms with Crippen molar-refractivity contribution in [2.24, 2.45) is 0 Å². The second-order valence-corrected chi connectivity index (χ2v) is 7.26. The number of hydrogen-bond acceptors (Lipinski definition) is 5. The van der Waals surface area contributed by atoms with Crippen molar-refractivity contribution >= 4 is 21.4 Å². The fourth-order valence-corrected chi connectivity index (χ4v) is 4.51. The SMILES string of the molecule is CCN(Cc1ccccn1)S(=O)(=O)c1cc(CO)cs1. The van der Waals surface area contributed by atoms with Gasteiger partial charge in [0.15, 0.2) is 0 Å². The van der Waals surface area contributed by atoms with Gasteiger partial charge in [0.1, 0.15) is 4.21 Å². The second-order valence-electron chi connectivity index (χ2n) is 4.18. The van der Waals surface area contributed by atoms with Crippen LogP contribution in [0.4, 0.5) is 0 Å². The average molecular weight is 312 g/mol. The van der Waals surface area contributed by atoms with E-state index in [0.717, 1.165) is 11.3 Å². The van der Waals surface area contributed by atoms with E-state index in [0.29, 0.717) is 17.8 Å². The van der Waals surface area contributed by atoms with Crippen LogP contribution in [0, 0.1) is 0 Å². The van der Waals surface area contributed by atoms with Gasteiger partial charge in [-0.3, -0.25) is 4.98 Å². The van der Waals surface area contributed by atoms with Crippen molar-refractivity contribution < 1.29 is 13.5 Å². The molecule has 0 saturated heterocycles. The van der Waals surface area contributed by atoms with Gasteiger partial charge in [0.2, 0.25) is 0 Å². The lowest BCUT2D eigenvalue weighted by Crippen LogP contribution is -2.30. The molecule has 0 saturated carbocycles. The third-order valence-corrected chi connectivity index (χ3v) is 6.21. The Balaban J connectivity index is 2.25. The fourth-order valence-electron chi connectivity index (χ4n) is 1.74. The summed E-state index contributed by atoms with van der Waals surface area (Å²) in [5.74, 6) is 0. The zero-order valence-corrected chi connectivity index (χ0v) is 12.7. The third-order valence-electron chi connectivity index (χ3n) is 2.82. The molecule has 2 rings (SSSR count). The number of hydrogen-bond donors (Lipinski definition) is 1. The molecule has 7 heteroatoms. The molecule has 2 aromatic rings. The van der Waals surface area contributed by atoms with Crippen LogP contribution in [0.3, 0.4) is 0 Å². The summed E-state index contributed by atoms with van der Waals surface area (Å²) in [6.07, 6.45) is 1.64. The minimum atomic E-state index is -3.54. The Morgan fingerprint density at radius 3 is 2.75 bits per heavy atom. The first-order valence-electron chi connectivity index (χ1n) is 6.16. The number of pyridine rings is 1. The monoisotopic (exact) mass is 312 g/mol. The summed E-state index contributed by atoms with van der Waals surface area (Å²) in [5, 5.41) is 10.7. The smallest absolute Gasteiger partial charge is 0.252 e. The van der Waals surface area contributed by atoms with Gasteiger partial charge in [0, 0.05) is 12.7 Å². The molecule has 1 N–H and O–H groups in total. The average Bonchev–Trinajstić information content (AvgIpc) is 2.95. The highest BCUT2D eigenvalue weighted by atomic mass is 32.2. The Bertz CT molecular complexity index is 653. The summed E-state index contributed by atoms with van der Waals surface area (Å²) in [6, 6.07) is 6.94. The molecule has 0 aliphatic carbocycles. The first-order valence-corrected chi connectivity index (χ1v) is 8.48. The van der Waals surface area contributed by atoms with Crippen molar-refractivity contribution in [2.75, 3.05) is 6.54 Å². The van der Waals surface area contributed by atoms with Gasteiger partial charge in [-0.05, 0) is 29.1 Å². The first-order chi connectivity index (χ1) is 9.57. The van der Waals surface area contributed by atoms with Crippen molar-refractivity contribution in [3.05, 3.63) is 47.1 Å². The quantitative estimate of drug-likeness (QED) is 0.883. The highest BCUT2D eigenvalue weighted by Crippen LogP contribution is 2.24. The molecule has 0 amide bonds. The van der Waals surface area contributed by atoms with E-state index in [1.807, 2.05) is 6.07 Å². The normalized spacial score (nSPS) is 11.9. The summed E-state index contributed by atoms with van der Waals surface area (Å²) < 4.78 is 26.7. The summed E-state index contributed by atoms with van der Waals surface area (Å²) >= 11 is 1.13. The third kappa shape index (κ3) is 3.24. The minimum absolute atomic E-state index is 0.154.